The van der Waals surface area contributed by atoms with Crippen molar-refractivity contribution in [2.75, 3.05) is 0 Å². The van der Waals surface area contributed by atoms with Gasteiger partial charge in [-0.3, -0.25) is 0 Å². The van der Waals surface area contributed by atoms with Crippen LogP contribution in [0.25, 0.3) is 0 Å². The Kier molecular flexibility index (Phi) is 2.40. The summed E-state index contributed by atoms with van der Waals surface area (Å²) in [4.78, 5) is 15.3. The van der Waals surface area contributed by atoms with Gasteiger partial charge in [0, 0.05) is 18.0 Å². The number of nitrogens with one attached hydrogen (secondary N) is 1. The number of hydrogen-bond acceptors (Lipinski definition) is 2. The van der Waals surface area contributed by atoms with Crippen molar-refractivity contribution in [3.63, 3.8) is 0 Å². The number of aromatic amines is 1. The summed E-state index contributed by atoms with van der Waals surface area (Å²) in [6.45, 7) is 5.69. The maximum absolute atomic E-state index is 12.2. The van der Waals surface area contributed by atoms with Crippen LogP contribution in [0.1, 0.15) is 67.1 Å². The Hall–Kier alpha value is -1.51. The van der Waals surface area contributed by atoms with Crippen LogP contribution in [-0.2, 0) is 4.74 Å². The zero-order chi connectivity index (χ0) is 12.9. The third-order valence-corrected chi connectivity index (χ3v) is 3.69. The highest BCUT2D eigenvalue weighted by molar-refractivity contribution is 5.90. The summed E-state index contributed by atoms with van der Waals surface area (Å²) in [5.41, 5.74) is 2.66. The molecule has 0 amide bonds. The van der Waals surface area contributed by atoms with E-state index in [-0.39, 0.29) is 5.97 Å². The first-order valence-electron chi connectivity index (χ1n) is 6.58. The molecule has 1 aromatic rings. The van der Waals surface area contributed by atoms with Crippen LogP contribution in [0.5, 0.6) is 0 Å². The van der Waals surface area contributed by atoms with Crippen LogP contribution < -0.4 is 0 Å². The van der Waals surface area contributed by atoms with E-state index in [1.807, 2.05) is 27.0 Å². The fraction of sp³-hybridized carbons (Fsp3) is 0.533. The van der Waals surface area contributed by atoms with Crippen molar-refractivity contribution >= 4 is 5.97 Å². The van der Waals surface area contributed by atoms with Crippen LogP contribution in [0.2, 0.25) is 0 Å². The van der Waals surface area contributed by atoms with Crippen LogP contribution in [-0.4, -0.2) is 16.6 Å². The monoisotopic (exact) mass is 245 g/mol. The molecular weight excluding hydrogens is 226 g/mol. The number of aromatic nitrogens is 1. The molecule has 96 valence electrons. The van der Waals surface area contributed by atoms with Crippen molar-refractivity contribution in [2.45, 2.75) is 51.0 Å². The fourth-order valence-corrected chi connectivity index (χ4v) is 2.97. The summed E-state index contributed by atoms with van der Waals surface area (Å²) in [5, 5.41) is 0. The van der Waals surface area contributed by atoms with Crippen LogP contribution >= 0.6 is 0 Å². The maximum atomic E-state index is 12.2. The molecule has 0 radical (unpaired) electrons. The maximum Gasteiger partial charge on any atom is 0.355 e. The van der Waals surface area contributed by atoms with Crippen LogP contribution in [0.4, 0.5) is 0 Å². The first kappa shape index (κ1) is 11.6. The smallest absolute Gasteiger partial charge is 0.355 e. The molecule has 3 nitrogen and oxygen atoms in total. The van der Waals surface area contributed by atoms with Gasteiger partial charge in [0.25, 0.3) is 0 Å². The number of H-pyrrole nitrogens is 1. The molecule has 3 aliphatic carbocycles. The second kappa shape index (κ2) is 3.74. The van der Waals surface area contributed by atoms with E-state index in [1.165, 1.54) is 17.5 Å². The van der Waals surface area contributed by atoms with E-state index >= 15 is 0 Å². The SMILES string of the molecule is CC(C)(C)OC(=O)c1[nH]cc2c1C1C=CC2CC1. The number of carbonyl (C=O) groups excluding carboxylic acids is 1. The van der Waals surface area contributed by atoms with Gasteiger partial charge in [-0.15, -0.1) is 0 Å². The number of fused-ring (bicyclic) bond motifs is 1. The molecule has 4 rings (SSSR count). The van der Waals surface area contributed by atoms with Crippen molar-refractivity contribution in [1.29, 1.82) is 0 Å². The number of rotatable bonds is 1. The van der Waals surface area contributed by atoms with Gasteiger partial charge in [0.05, 0.1) is 0 Å². The largest absolute Gasteiger partial charge is 0.455 e. The lowest BCUT2D eigenvalue weighted by molar-refractivity contribution is 0.00618. The average Bonchev–Trinajstić information content (AvgIpc) is 2.74. The van der Waals surface area contributed by atoms with Crippen molar-refractivity contribution in [3.05, 3.63) is 35.2 Å². The topological polar surface area (TPSA) is 42.1 Å². The van der Waals surface area contributed by atoms with E-state index in [9.17, 15) is 4.79 Å². The minimum Gasteiger partial charge on any atom is -0.455 e. The molecule has 0 saturated heterocycles. The second-order valence-corrected chi connectivity index (χ2v) is 6.21. The Morgan fingerprint density at radius 1 is 1.28 bits per heavy atom. The first-order chi connectivity index (χ1) is 8.46. The molecular formula is C15H19NO2. The van der Waals surface area contributed by atoms with E-state index in [0.29, 0.717) is 17.5 Å². The molecule has 0 fully saturated rings. The second-order valence-electron chi connectivity index (χ2n) is 6.21. The summed E-state index contributed by atoms with van der Waals surface area (Å²) < 4.78 is 5.46. The molecule has 0 aromatic carbocycles. The van der Waals surface area contributed by atoms with E-state index in [0.717, 1.165) is 6.42 Å². The predicted molar refractivity (Wildman–Crippen MR) is 69.8 cm³/mol. The number of hydrogen-bond donors (Lipinski definition) is 1. The minimum absolute atomic E-state index is 0.232. The number of allylic oxidation sites excluding steroid dienone is 2. The molecule has 2 atom stereocenters. The summed E-state index contributed by atoms with van der Waals surface area (Å²) in [6.07, 6.45) is 8.82. The lowest BCUT2D eigenvalue weighted by atomic mass is 9.72. The quantitative estimate of drug-likeness (QED) is 0.607. The van der Waals surface area contributed by atoms with Crippen molar-refractivity contribution in [1.82, 2.24) is 4.98 Å². The standard InChI is InChI=1S/C15H19NO2/c1-15(2,3)18-14(17)13-12-10-6-4-9(5-7-10)11(12)8-16-13/h4,6,8-10,16H,5,7H2,1-3H3. The molecule has 1 heterocycles. The van der Waals surface area contributed by atoms with E-state index < -0.39 is 5.60 Å². The Morgan fingerprint density at radius 2 is 1.94 bits per heavy atom. The van der Waals surface area contributed by atoms with Gasteiger partial charge in [-0.05, 0) is 44.7 Å². The molecule has 2 bridgehead atoms. The average molecular weight is 245 g/mol. The fourth-order valence-electron chi connectivity index (χ4n) is 2.97. The summed E-state index contributed by atoms with van der Waals surface area (Å²) in [6, 6.07) is 0. The number of carbonyl (C=O) groups is 1. The first-order valence-corrected chi connectivity index (χ1v) is 6.58. The molecule has 0 spiro atoms. The van der Waals surface area contributed by atoms with Crippen molar-refractivity contribution < 1.29 is 9.53 Å². The van der Waals surface area contributed by atoms with E-state index in [1.54, 1.807) is 0 Å². The Balaban J connectivity index is 1.95. The van der Waals surface area contributed by atoms with Gasteiger partial charge in [0.1, 0.15) is 11.3 Å². The van der Waals surface area contributed by atoms with Crippen molar-refractivity contribution in [2.24, 2.45) is 0 Å². The summed E-state index contributed by atoms with van der Waals surface area (Å²) in [5.74, 6) is 0.640. The van der Waals surface area contributed by atoms with Gasteiger partial charge in [-0.25, -0.2) is 4.79 Å². The zero-order valence-electron chi connectivity index (χ0n) is 11.1. The van der Waals surface area contributed by atoms with Gasteiger partial charge >= 0.3 is 5.97 Å². The predicted octanol–water partition coefficient (Wildman–Crippen LogP) is 3.50. The van der Waals surface area contributed by atoms with Gasteiger partial charge in [-0.1, -0.05) is 12.2 Å². The highest BCUT2D eigenvalue weighted by Gasteiger charge is 2.35. The van der Waals surface area contributed by atoms with Crippen LogP contribution in [0.3, 0.4) is 0 Å². The Bertz CT molecular complexity index is 519. The van der Waals surface area contributed by atoms with E-state index in [4.69, 9.17) is 4.74 Å². The third-order valence-electron chi connectivity index (χ3n) is 3.69. The molecule has 1 N–H and O–H groups in total. The van der Waals surface area contributed by atoms with Gasteiger partial charge in [0.15, 0.2) is 0 Å². The molecule has 0 aliphatic heterocycles. The molecule has 1 aromatic heterocycles. The van der Waals surface area contributed by atoms with Crippen molar-refractivity contribution in [3.8, 4) is 0 Å². The van der Waals surface area contributed by atoms with Gasteiger partial charge in [-0.2, -0.15) is 0 Å². The highest BCUT2D eigenvalue weighted by atomic mass is 16.6. The molecule has 0 saturated carbocycles. The van der Waals surface area contributed by atoms with Gasteiger partial charge < -0.3 is 9.72 Å². The Labute approximate surface area is 107 Å². The number of esters is 1. The van der Waals surface area contributed by atoms with Crippen LogP contribution in [0.15, 0.2) is 18.3 Å². The lowest BCUT2D eigenvalue weighted by Gasteiger charge is -2.31. The lowest BCUT2D eigenvalue weighted by Crippen LogP contribution is -2.26. The molecule has 3 heteroatoms. The number of ether oxygens (including phenoxy) is 1. The Morgan fingerprint density at radius 3 is 2.56 bits per heavy atom. The molecule has 18 heavy (non-hydrogen) atoms. The van der Waals surface area contributed by atoms with Crippen LogP contribution in [0, 0.1) is 0 Å². The minimum atomic E-state index is -0.446. The van der Waals surface area contributed by atoms with E-state index in [2.05, 4.69) is 17.1 Å². The van der Waals surface area contributed by atoms with Gasteiger partial charge in [0.2, 0.25) is 0 Å². The summed E-state index contributed by atoms with van der Waals surface area (Å²) in [7, 11) is 0. The molecule has 3 aliphatic rings. The summed E-state index contributed by atoms with van der Waals surface area (Å²) >= 11 is 0. The normalized spacial score (nSPS) is 25.1. The zero-order valence-corrected chi connectivity index (χ0v) is 11.1. The third kappa shape index (κ3) is 1.78. The highest BCUT2D eigenvalue weighted by Crippen LogP contribution is 2.46. The molecule has 2 unspecified atom stereocenters.